The van der Waals surface area contributed by atoms with Gasteiger partial charge in [0.2, 0.25) is 11.8 Å². The van der Waals surface area contributed by atoms with Crippen LogP contribution in [0.2, 0.25) is 0 Å². The molecule has 0 aliphatic carbocycles. The summed E-state index contributed by atoms with van der Waals surface area (Å²) in [4.78, 5) is 3.65. The molecule has 4 nitrogen and oxygen atoms in total. The molecule has 1 heterocycles. The van der Waals surface area contributed by atoms with E-state index < -0.39 is 12.0 Å². The van der Waals surface area contributed by atoms with E-state index in [2.05, 4.69) is 9.72 Å². The minimum absolute atomic E-state index is 0.0289. The molecule has 0 aliphatic heterocycles. The maximum Gasteiger partial charge on any atom is 0.269 e. The number of hydrogen-bond donors (Lipinski definition) is 0. The van der Waals surface area contributed by atoms with Gasteiger partial charge in [0.05, 0.1) is 19.8 Å². The lowest BCUT2D eigenvalue weighted by Gasteiger charge is -2.09. The third-order valence-corrected chi connectivity index (χ3v) is 1.72. The molecule has 0 bridgehead atoms. The lowest BCUT2D eigenvalue weighted by Crippen LogP contribution is -2.00. The number of pyridine rings is 1. The Morgan fingerprint density at radius 2 is 1.93 bits per heavy atom. The van der Waals surface area contributed by atoms with Crippen molar-refractivity contribution in [1.82, 2.24) is 4.98 Å². The monoisotopic (exact) mass is 214 g/mol. The predicted octanol–water partition coefficient (Wildman–Crippen LogP) is 1.91. The molecule has 0 fully saturated rings. The Labute approximate surface area is 85.1 Å². The van der Waals surface area contributed by atoms with E-state index in [1.807, 2.05) is 0 Å². The maximum atomic E-state index is 12.5. The standard InChI is InChI=1S/C9H8F2N2O2/c1-14-8-5(4-12)3-6(7(10)11)9(13-8)15-2/h3,7H,1-2H3. The van der Waals surface area contributed by atoms with E-state index >= 15 is 0 Å². The summed E-state index contributed by atoms with van der Waals surface area (Å²) in [5.41, 5.74) is -0.469. The molecule has 0 atom stereocenters. The Balaban J connectivity index is 3.36. The van der Waals surface area contributed by atoms with E-state index in [-0.39, 0.29) is 17.3 Å². The number of aromatic nitrogens is 1. The molecule has 1 rings (SSSR count). The Kier molecular flexibility index (Phi) is 3.39. The lowest BCUT2D eigenvalue weighted by molar-refractivity contribution is 0.145. The number of alkyl halides is 2. The van der Waals surface area contributed by atoms with E-state index in [0.29, 0.717) is 0 Å². The van der Waals surface area contributed by atoms with Gasteiger partial charge in [-0.15, -0.1) is 0 Å². The highest BCUT2D eigenvalue weighted by atomic mass is 19.3. The Morgan fingerprint density at radius 1 is 1.33 bits per heavy atom. The fraction of sp³-hybridized carbons (Fsp3) is 0.333. The van der Waals surface area contributed by atoms with Crippen molar-refractivity contribution in [2.75, 3.05) is 14.2 Å². The van der Waals surface area contributed by atoms with Crippen molar-refractivity contribution in [1.29, 1.82) is 5.26 Å². The third kappa shape index (κ3) is 2.13. The summed E-state index contributed by atoms with van der Waals surface area (Å²) in [6, 6.07) is 2.73. The summed E-state index contributed by atoms with van der Waals surface area (Å²) in [6.07, 6.45) is -2.74. The SMILES string of the molecule is COc1nc(OC)c(C(F)F)cc1C#N. The fourth-order valence-corrected chi connectivity index (χ4v) is 1.05. The molecule has 0 saturated carbocycles. The minimum Gasteiger partial charge on any atom is -0.481 e. The van der Waals surface area contributed by atoms with Gasteiger partial charge in [0.25, 0.3) is 6.43 Å². The first-order chi connectivity index (χ1) is 7.13. The van der Waals surface area contributed by atoms with Gasteiger partial charge in [0.15, 0.2) is 0 Å². The Morgan fingerprint density at radius 3 is 2.33 bits per heavy atom. The fourth-order valence-electron chi connectivity index (χ4n) is 1.05. The number of methoxy groups -OCH3 is 2. The second-order valence-corrected chi connectivity index (χ2v) is 2.56. The van der Waals surface area contributed by atoms with Gasteiger partial charge in [0.1, 0.15) is 11.6 Å². The van der Waals surface area contributed by atoms with Gasteiger partial charge < -0.3 is 9.47 Å². The van der Waals surface area contributed by atoms with Gasteiger partial charge in [0, 0.05) is 0 Å². The quantitative estimate of drug-likeness (QED) is 0.771. The molecule has 0 aliphatic rings. The number of ether oxygens (including phenoxy) is 2. The van der Waals surface area contributed by atoms with Crippen LogP contribution in [0.1, 0.15) is 17.6 Å². The summed E-state index contributed by atoms with van der Waals surface area (Å²) in [5, 5.41) is 8.66. The van der Waals surface area contributed by atoms with E-state index in [4.69, 9.17) is 10.00 Å². The van der Waals surface area contributed by atoms with Crippen molar-refractivity contribution in [3.63, 3.8) is 0 Å². The molecule has 6 heteroatoms. The van der Waals surface area contributed by atoms with E-state index in [1.165, 1.54) is 14.2 Å². The van der Waals surface area contributed by atoms with Crippen LogP contribution in [-0.4, -0.2) is 19.2 Å². The third-order valence-electron chi connectivity index (χ3n) is 1.72. The van der Waals surface area contributed by atoms with Crippen LogP contribution < -0.4 is 9.47 Å². The van der Waals surface area contributed by atoms with Crippen molar-refractivity contribution in [3.8, 4) is 17.8 Å². The zero-order valence-corrected chi connectivity index (χ0v) is 8.12. The molecule has 0 spiro atoms. The van der Waals surface area contributed by atoms with Crippen molar-refractivity contribution in [2.45, 2.75) is 6.43 Å². The second kappa shape index (κ2) is 4.55. The molecule has 0 unspecified atom stereocenters. The van der Waals surface area contributed by atoms with Gasteiger partial charge in [-0.2, -0.15) is 10.2 Å². The topological polar surface area (TPSA) is 55.1 Å². The summed E-state index contributed by atoms with van der Waals surface area (Å²) >= 11 is 0. The molecule has 80 valence electrons. The Bertz CT molecular complexity index is 402. The van der Waals surface area contributed by atoms with Gasteiger partial charge in [-0.3, -0.25) is 0 Å². The molecule has 0 saturated heterocycles. The molecule has 1 aromatic rings. The van der Waals surface area contributed by atoms with Crippen LogP contribution in [0.4, 0.5) is 8.78 Å². The average Bonchev–Trinajstić information content (AvgIpc) is 2.26. The van der Waals surface area contributed by atoms with Crippen molar-refractivity contribution in [3.05, 3.63) is 17.2 Å². The number of hydrogen-bond acceptors (Lipinski definition) is 4. The molecule has 15 heavy (non-hydrogen) atoms. The van der Waals surface area contributed by atoms with Crippen molar-refractivity contribution in [2.24, 2.45) is 0 Å². The Hall–Kier alpha value is -1.90. The van der Waals surface area contributed by atoms with E-state index in [9.17, 15) is 8.78 Å². The van der Waals surface area contributed by atoms with E-state index in [1.54, 1.807) is 6.07 Å². The van der Waals surface area contributed by atoms with Gasteiger partial charge >= 0.3 is 0 Å². The first-order valence-corrected chi connectivity index (χ1v) is 3.95. The van der Waals surface area contributed by atoms with Crippen LogP contribution in [0.15, 0.2) is 6.07 Å². The van der Waals surface area contributed by atoms with Crippen LogP contribution in [0.5, 0.6) is 11.8 Å². The largest absolute Gasteiger partial charge is 0.481 e. The molecule has 0 aromatic carbocycles. The number of halogens is 2. The number of nitriles is 1. The van der Waals surface area contributed by atoms with Gasteiger partial charge in [-0.05, 0) is 6.07 Å². The maximum absolute atomic E-state index is 12.5. The van der Waals surface area contributed by atoms with Crippen molar-refractivity contribution >= 4 is 0 Å². The summed E-state index contributed by atoms with van der Waals surface area (Å²) in [7, 11) is 2.52. The molecular weight excluding hydrogens is 206 g/mol. The molecular formula is C9H8F2N2O2. The zero-order chi connectivity index (χ0) is 11.4. The first-order valence-electron chi connectivity index (χ1n) is 3.95. The normalized spacial score (nSPS) is 9.87. The van der Waals surface area contributed by atoms with Crippen LogP contribution >= 0.6 is 0 Å². The van der Waals surface area contributed by atoms with Crippen molar-refractivity contribution < 1.29 is 18.3 Å². The molecule has 0 radical (unpaired) electrons. The highest BCUT2D eigenvalue weighted by Gasteiger charge is 2.19. The first kappa shape index (κ1) is 11.2. The number of nitrogens with zero attached hydrogens (tertiary/aromatic N) is 2. The summed E-state index contributed by atoms with van der Waals surface area (Å²) < 4.78 is 34.4. The van der Waals surface area contributed by atoms with E-state index in [0.717, 1.165) is 6.07 Å². The van der Waals surface area contributed by atoms with Crippen LogP contribution in [0.3, 0.4) is 0 Å². The molecule has 0 amide bonds. The minimum atomic E-state index is -2.74. The summed E-state index contributed by atoms with van der Waals surface area (Å²) in [6.45, 7) is 0. The van der Waals surface area contributed by atoms with Gasteiger partial charge in [-0.25, -0.2) is 8.78 Å². The lowest BCUT2D eigenvalue weighted by atomic mass is 10.2. The molecule has 0 N–H and O–H groups in total. The highest BCUT2D eigenvalue weighted by molar-refractivity contribution is 5.45. The highest BCUT2D eigenvalue weighted by Crippen LogP contribution is 2.31. The smallest absolute Gasteiger partial charge is 0.269 e. The van der Waals surface area contributed by atoms with Gasteiger partial charge in [-0.1, -0.05) is 0 Å². The summed E-state index contributed by atoms with van der Waals surface area (Å²) in [5.74, 6) is -0.264. The van der Waals surface area contributed by atoms with Crippen LogP contribution in [-0.2, 0) is 0 Å². The molecule has 1 aromatic heterocycles. The predicted molar refractivity (Wildman–Crippen MR) is 47.0 cm³/mol. The second-order valence-electron chi connectivity index (χ2n) is 2.56. The van der Waals surface area contributed by atoms with Crippen LogP contribution in [0.25, 0.3) is 0 Å². The zero-order valence-electron chi connectivity index (χ0n) is 8.12. The average molecular weight is 214 g/mol. The van der Waals surface area contributed by atoms with Crippen LogP contribution in [0, 0.1) is 11.3 Å². The number of rotatable bonds is 3.